The van der Waals surface area contributed by atoms with Gasteiger partial charge in [-0.2, -0.15) is 0 Å². The first-order valence-corrected chi connectivity index (χ1v) is 6.51. The summed E-state index contributed by atoms with van der Waals surface area (Å²) in [6, 6.07) is 5.46. The normalized spacial score (nSPS) is 18.0. The number of hydrogen-bond donors (Lipinski definition) is 1. The van der Waals surface area contributed by atoms with E-state index in [4.69, 9.17) is 11.6 Å². The van der Waals surface area contributed by atoms with E-state index in [1.165, 1.54) is 0 Å². The first-order chi connectivity index (χ1) is 8.15. The van der Waals surface area contributed by atoms with E-state index >= 15 is 0 Å². The van der Waals surface area contributed by atoms with Crippen LogP contribution in [0.1, 0.15) is 41.9 Å². The highest BCUT2D eigenvalue weighted by molar-refractivity contribution is 6.19. The van der Waals surface area contributed by atoms with E-state index < -0.39 is 0 Å². The molecule has 0 bridgehead atoms. The number of alkyl halides is 1. The summed E-state index contributed by atoms with van der Waals surface area (Å²) < 4.78 is 0. The lowest BCUT2D eigenvalue weighted by Gasteiger charge is -2.27. The molecule has 17 heavy (non-hydrogen) atoms. The molecule has 4 heteroatoms. The van der Waals surface area contributed by atoms with Gasteiger partial charge < -0.3 is 5.32 Å². The monoisotopic (exact) mass is 252 g/mol. The molecule has 3 nitrogen and oxygen atoms in total. The third-order valence-electron chi connectivity index (χ3n) is 3.32. The van der Waals surface area contributed by atoms with E-state index in [0.29, 0.717) is 11.6 Å². The minimum Gasteiger partial charge on any atom is -0.344 e. The molecule has 2 rings (SSSR count). The van der Waals surface area contributed by atoms with Gasteiger partial charge in [0.2, 0.25) is 0 Å². The highest BCUT2D eigenvalue weighted by Crippen LogP contribution is 2.30. The Kier molecular flexibility index (Phi) is 3.67. The summed E-state index contributed by atoms with van der Waals surface area (Å²) in [6.45, 7) is 1.88. The van der Waals surface area contributed by atoms with Crippen LogP contribution in [0.2, 0.25) is 0 Å². The van der Waals surface area contributed by atoms with Crippen molar-refractivity contribution in [2.45, 2.75) is 38.1 Å². The van der Waals surface area contributed by atoms with Crippen LogP contribution in [-0.2, 0) is 0 Å². The molecule has 1 aliphatic rings. The van der Waals surface area contributed by atoms with Gasteiger partial charge in [0.1, 0.15) is 5.69 Å². The van der Waals surface area contributed by atoms with Crippen molar-refractivity contribution in [3.63, 3.8) is 0 Å². The third kappa shape index (κ3) is 2.78. The smallest absolute Gasteiger partial charge is 0.270 e. The van der Waals surface area contributed by atoms with Crippen LogP contribution < -0.4 is 5.32 Å². The van der Waals surface area contributed by atoms with E-state index in [1.807, 2.05) is 19.1 Å². The Hall–Kier alpha value is -1.09. The van der Waals surface area contributed by atoms with Crippen molar-refractivity contribution >= 4 is 17.5 Å². The number of hydrogen-bond acceptors (Lipinski definition) is 2. The molecule has 0 aromatic carbocycles. The maximum atomic E-state index is 12.1. The molecule has 1 saturated carbocycles. The number of halogens is 1. The lowest BCUT2D eigenvalue weighted by Crippen LogP contribution is -2.48. The Bertz CT molecular complexity index is 414. The largest absolute Gasteiger partial charge is 0.344 e. The average Bonchev–Trinajstić information content (AvgIpc) is 2.78. The molecule has 0 aliphatic heterocycles. The minimum atomic E-state index is -0.218. The number of carbonyl (C=O) groups is 1. The highest BCUT2D eigenvalue weighted by Gasteiger charge is 2.34. The van der Waals surface area contributed by atoms with Crippen molar-refractivity contribution in [1.29, 1.82) is 0 Å². The zero-order valence-corrected chi connectivity index (χ0v) is 10.8. The summed E-state index contributed by atoms with van der Waals surface area (Å²) in [4.78, 5) is 16.3. The summed E-state index contributed by atoms with van der Waals surface area (Å²) in [5.41, 5.74) is 1.11. The number of aromatic nitrogens is 1. The molecule has 0 spiro atoms. The number of amides is 1. The van der Waals surface area contributed by atoms with E-state index in [1.54, 1.807) is 6.07 Å². The van der Waals surface area contributed by atoms with Gasteiger partial charge in [0.25, 0.3) is 5.91 Å². The molecule has 1 aliphatic carbocycles. The molecule has 0 radical (unpaired) electrons. The van der Waals surface area contributed by atoms with E-state index in [9.17, 15) is 4.79 Å². The summed E-state index contributed by atoms with van der Waals surface area (Å²) in [7, 11) is 0. The van der Waals surface area contributed by atoms with Gasteiger partial charge in [0.05, 0.1) is 5.54 Å². The summed E-state index contributed by atoms with van der Waals surface area (Å²) in [5.74, 6) is 0.362. The fourth-order valence-electron chi connectivity index (χ4n) is 2.32. The molecule has 0 saturated heterocycles. The van der Waals surface area contributed by atoms with Crippen LogP contribution in [0.15, 0.2) is 18.2 Å². The number of aryl methyl sites for hydroxylation is 1. The van der Waals surface area contributed by atoms with Crippen molar-refractivity contribution in [3.05, 3.63) is 29.6 Å². The molecule has 0 atom stereocenters. The van der Waals surface area contributed by atoms with E-state index in [-0.39, 0.29) is 11.4 Å². The SMILES string of the molecule is Cc1cccc(C(=O)NC2(CCl)CCCC2)n1. The number of nitrogens with one attached hydrogen (secondary N) is 1. The van der Waals surface area contributed by atoms with Gasteiger partial charge in [0.15, 0.2) is 0 Å². The maximum absolute atomic E-state index is 12.1. The summed E-state index contributed by atoms with van der Waals surface area (Å²) >= 11 is 5.99. The average molecular weight is 253 g/mol. The predicted molar refractivity (Wildman–Crippen MR) is 68.4 cm³/mol. The van der Waals surface area contributed by atoms with Crippen LogP contribution in [0.25, 0.3) is 0 Å². The van der Waals surface area contributed by atoms with Crippen LogP contribution in [0.5, 0.6) is 0 Å². The van der Waals surface area contributed by atoms with Crippen LogP contribution in [0.3, 0.4) is 0 Å². The molecule has 1 fully saturated rings. The molecule has 1 aromatic heterocycles. The van der Waals surface area contributed by atoms with Crippen LogP contribution in [0.4, 0.5) is 0 Å². The van der Waals surface area contributed by atoms with Crippen LogP contribution in [0, 0.1) is 6.92 Å². The highest BCUT2D eigenvalue weighted by atomic mass is 35.5. The van der Waals surface area contributed by atoms with Crippen molar-refractivity contribution in [3.8, 4) is 0 Å². The van der Waals surface area contributed by atoms with Gasteiger partial charge in [0, 0.05) is 11.6 Å². The fourth-order valence-corrected chi connectivity index (χ4v) is 2.65. The quantitative estimate of drug-likeness (QED) is 0.841. The lowest BCUT2D eigenvalue weighted by atomic mass is 10.00. The fraction of sp³-hybridized carbons (Fsp3) is 0.538. The second-order valence-electron chi connectivity index (χ2n) is 4.74. The number of rotatable bonds is 3. The van der Waals surface area contributed by atoms with Crippen LogP contribution >= 0.6 is 11.6 Å². The first-order valence-electron chi connectivity index (χ1n) is 5.97. The summed E-state index contributed by atoms with van der Waals surface area (Å²) in [6.07, 6.45) is 4.20. The number of nitrogens with zero attached hydrogens (tertiary/aromatic N) is 1. The Morgan fingerprint density at radius 3 is 2.76 bits per heavy atom. The van der Waals surface area contributed by atoms with Crippen molar-refractivity contribution in [1.82, 2.24) is 10.3 Å². The molecule has 1 aromatic rings. The maximum Gasteiger partial charge on any atom is 0.270 e. The Morgan fingerprint density at radius 2 is 2.18 bits per heavy atom. The number of pyridine rings is 1. The molecule has 92 valence electrons. The van der Waals surface area contributed by atoms with Gasteiger partial charge >= 0.3 is 0 Å². The number of carbonyl (C=O) groups excluding carboxylic acids is 1. The zero-order valence-electron chi connectivity index (χ0n) is 10.0. The van der Waals surface area contributed by atoms with Crippen molar-refractivity contribution < 1.29 is 4.79 Å². The molecular weight excluding hydrogens is 236 g/mol. The lowest BCUT2D eigenvalue weighted by molar-refractivity contribution is 0.0904. The molecular formula is C13H17ClN2O. The van der Waals surface area contributed by atoms with Crippen molar-refractivity contribution in [2.75, 3.05) is 5.88 Å². The van der Waals surface area contributed by atoms with Gasteiger partial charge in [-0.15, -0.1) is 11.6 Å². The van der Waals surface area contributed by atoms with Gasteiger partial charge in [-0.3, -0.25) is 4.79 Å². The first kappa shape index (κ1) is 12.4. The molecule has 0 unspecified atom stereocenters. The molecule has 1 amide bonds. The van der Waals surface area contributed by atoms with Crippen LogP contribution in [-0.4, -0.2) is 22.3 Å². The molecule has 1 N–H and O–H groups in total. The topological polar surface area (TPSA) is 42.0 Å². The molecule has 1 heterocycles. The van der Waals surface area contributed by atoms with E-state index in [2.05, 4.69) is 10.3 Å². The Morgan fingerprint density at radius 1 is 1.47 bits per heavy atom. The van der Waals surface area contributed by atoms with E-state index in [0.717, 1.165) is 31.4 Å². The van der Waals surface area contributed by atoms with Gasteiger partial charge in [-0.1, -0.05) is 18.9 Å². The Balaban J connectivity index is 2.11. The second-order valence-corrected chi connectivity index (χ2v) is 5.01. The predicted octanol–water partition coefficient (Wildman–Crippen LogP) is 2.67. The Labute approximate surface area is 107 Å². The zero-order chi connectivity index (χ0) is 12.3. The minimum absolute atomic E-state index is 0.115. The standard InChI is InChI=1S/C13H17ClN2O/c1-10-5-4-6-11(15-10)12(17)16-13(9-14)7-2-3-8-13/h4-6H,2-3,7-9H2,1H3,(H,16,17). The van der Waals surface area contributed by atoms with Gasteiger partial charge in [-0.05, 0) is 31.9 Å². The van der Waals surface area contributed by atoms with Gasteiger partial charge in [-0.25, -0.2) is 4.98 Å². The third-order valence-corrected chi connectivity index (χ3v) is 3.83. The summed E-state index contributed by atoms with van der Waals surface area (Å²) in [5, 5.41) is 3.05. The van der Waals surface area contributed by atoms with Crippen molar-refractivity contribution in [2.24, 2.45) is 0 Å². The second kappa shape index (κ2) is 5.05.